The number of fused-ring (bicyclic) bond motifs is 3. The zero-order valence-corrected chi connectivity index (χ0v) is 18.3. The maximum absolute atomic E-state index is 12.5. The van der Waals surface area contributed by atoms with E-state index in [1.807, 2.05) is 68.4 Å². The van der Waals surface area contributed by atoms with E-state index in [0.717, 1.165) is 33.4 Å². The second-order valence-electron chi connectivity index (χ2n) is 8.26. The van der Waals surface area contributed by atoms with E-state index in [4.69, 9.17) is 4.74 Å². The molecular weight excluding hydrogens is 402 g/mol. The number of carboxylic acid groups (broad SMARTS) is 1. The van der Waals surface area contributed by atoms with Crippen LogP contribution in [0.15, 0.2) is 66.7 Å². The molecule has 0 aromatic heterocycles. The van der Waals surface area contributed by atoms with E-state index in [-0.39, 0.29) is 12.5 Å². The first kappa shape index (κ1) is 21.6. The van der Waals surface area contributed by atoms with E-state index in [1.54, 1.807) is 0 Å². The van der Waals surface area contributed by atoms with Crippen molar-refractivity contribution in [1.29, 1.82) is 0 Å². The fourth-order valence-corrected chi connectivity index (χ4v) is 4.42. The molecule has 4 rings (SSSR count). The number of aliphatic carboxylic acids is 1. The Hall–Kier alpha value is -3.60. The highest BCUT2D eigenvalue weighted by atomic mass is 16.5. The Balaban J connectivity index is 1.39. The minimum atomic E-state index is -1.07. The van der Waals surface area contributed by atoms with Gasteiger partial charge >= 0.3 is 12.1 Å². The summed E-state index contributed by atoms with van der Waals surface area (Å²) < 4.78 is 5.50. The van der Waals surface area contributed by atoms with E-state index in [0.29, 0.717) is 12.8 Å². The van der Waals surface area contributed by atoms with Gasteiger partial charge in [-0.2, -0.15) is 0 Å². The number of amides is 1. The molecule has 0 heterocycles. The summed E-state index contributed by atoms with van der Waals surface area (Å²) in [5, 5.41) is 12.1. The molecule has 2 N–H and O–H groups in total. The first-order valence-corrected chi connectivity index (χ1v) is 10.8. The Kier molecular flexibility index (Phi) is 6.26. The van der Waals surface area contributed by atoms with Crippen LogP contribution in [-0.2, 0) is 16.0 Å². The van der Waals surface area contributed by atoms with Gasteiger partial charge in [-0.25, -0.2) is 9.59 Å². The van der Waals surface area contributed by atoms with Gasteiger partial charge in [0.25, 0.3) is 0 Å². The fourth-order valence-electron chi connectivity index (χ4n) is 4.42. The molecule has 0 saturated carbocycles. The zero-order chi connectivity index (χ0) is 22.7. The molecule has 0 saturated heterocycles. The largest absolute Gasteiger partial charge is 0.480 e. The smallest absolute Gasteiger partial charge is 0.407 e. The lowest BCUT2D eigenvalue weighted by molar-refractivity contribution is -0.139. The monoisotopic (exact) mass is 429 g/mol. The second-order valence-corrected chi connectivity index (χ2v) is 8.26. The maximum atomic E-state index is 12.5. The average molecular weight is 430 g/mol. The van der Waals surface area contributed by atoms with Crippen LogP contribution in [0.2, 0.25) is 0 Å². The van der Waals surface area contributed by atoms with Crippen LogP contribution in [0.4, 0.5) is 4.79 Å². The van der Waals surface area contributed by atoms with Crippen LogP contribution in [0.5, 0.6) is 0 Å². The molecule has 0 spiro atoms. The number of carboxylic acids is 1. The molecule has 0 fully saturated rings. The van der Waals surface area contributed by atoms with Gasteiger partial charge in [0.15, 0.2) is 0 Å². The first-order valence-electron chi connectivity index (χ1n) is 10.8. The highest BCUT2D eigenvalue weighted by Gasteiger charge is 2.29. The van der Waals surface area contributed by atoms with Crippen molar-refractivity contribution in [2.45, 2.75) is 38.6 Å². The minimum Gasteiger partial charge on any atom is -0.480 e. The SMILES string of the molecule is Cc1cccc(CC[C@H](NC(=O)OCC2c3ccccc3-c3ccccc32)C(=O)O)c1C. The lowest BCUT2D eigenvalue weighted by Crippen LogP contribution is -2.41. The number of hydrogen-bond donors (Lipinski definition) is 2. The second kappa shape index (κ2) is 9.27. The highest BCUT2D eigenvalue weighted by Crippen LogP contribution is 2.44. The third-order valence-electron chi connectivity index (χ3n) is 6.35. The maximum Gasteiger partial charge on any atom is 0.407 e. The molecule has 32 heavy (non-hydrogen) atoms. The third-order valence-corrected chi connectivity index (χ3v) is 6.35. The summed E-state index contributed by atoms with van der Waals surface area (Å²) in [4.78, 5) is 24.2. The molecule has 1 aliphatic carbocycles. The van der Waals surface area contributed by atoms with Crippen LogP contribution >= 0.6 is 0 Å². The van der Waals surface area contributed by atoms with E-state index in [2.05, 4.69) is 17.4 Å². The summed E-state index contributed by atoms with van der Waals surface area (Å²) in [5.41, 5.74) is 7.93. The number of rotatable bonds is 7. The molecule has 1 aliphatic rings. The molecule has 5 heteroatoms. The Labute approximate surface area is 188 Å². The van der Waals surface area contributed by atoms with Crippen molar-refractivity contribution < 1.29 is 19.4 Å². The van der Waals surface area contributed by atoms with E-state index in [9.17, 15) is 14.7 Å². The first-order chi connectivity index (χ1) is 15.5. The summed E-state index contributed by atoms with van der Waals surface area (Å²) in [7, 11) is 0. The number of nitrogens with one attached hydrogen (secondary N) is 1. The van der Waals surface area contributed by atoms with E-state index in [1.165, 1.54) is 5.56 Å². The van der Waals surface area contributed by atoms with Crippen LogP contribution < -0.4 is 5.32 Å². The number of benzene rings is 3. The Bertz CT molecular complexity index is 1110. The molecule has 0 unspecified atom stereocenters. The molecule has 5 nitrogen and oxygen atoms in total. The summed E-state index contributed by atoms with van der Waals surface area (Å²) in [6.07, 6.45) is 0.151. The molecule has 0 bridgehead atoms. The molecular formula is C27H27NO4. The molecule has 3 aromatic rings. The van der Waals surface area contributed by atoms with Crippen molar-refractivity contribution in [3.63, 3.8) is 0 Å². The van der Waals surface area contributed by atoms with Gasteiger partial charge in [-0.15, -0.1) is 0 Å². The van der Waals surface area contributed by atoms with E-state index >= 15 is 0 Å². The Morgan fingerprint density at radius 2 is 1.56 bits per heavy atom. The van der Waals surface area contributed by atoms with Crippen molar-refractivity contribution >= 4 is 12.1 Å². The zero-order valence-electron chi connectivity index (χ0n) is 18.3. The van der Waals surface area contributed by atoms with Gasteiger partial charge in [-0.1, -0.05) is 66.7 Å². The van der Waals surface area contributed by atoms with E-state index < -0.39 is 18.1 Å². The van der Waals surface area contributed by atoms with Crippen molar-refractivity contribution in [3.05, 3.63) is 94.5 Å². The average Bonchev–Trinajstić information content (AvgIpc) is 3.11. The van der Waals surface area contributed by atoms with Crippen molar-refractivity contribution in [3.8, 4) is 11.1 Å². The van der Waals surface area contributed by atoms with Crippen LogP contribution in [0, 0.1) is 13.8 Å². The van der Waals surface area contributed by atoms with Crippen LogP contribution in [0.25, 0.3) is 11.1 Å². The normalized spacial score (nSPS) is 13.2. The van der Waals surface area contributed by atoms with Gasteiger partial charge in [-0.3, -0.25) is 0 Å². The standard InChI is InChI=1S/C27H27NO4/c1-17-8-7-9-19(18(17)2)14-15-25(26(29)30)28-27(31)32-16-24-22-12-5-3-10-20(22)21-11-4-6-13-23(21)24/h3-13,24-25H,14-16H2,1-2H3,(H,28,31)(H,29,30)/t25-/m0/s1. The van der Waals surface area contributed by atoms with Gasteiger partial charge in [0.1, 0.15) is 12.6 Å². The quantitative estimate of drug-likeness (QED) is 0.539. The molecule has 1 amide bonds. The molecule has 164 valence electrons. The molecule has 0 radical (unpaired) electrons. The minimum absolute atomic E-state index is 0.0635. The van der Waals surface area contributed by atoms with Crippen LogP contribution in [0.3, 0.4) is 0 Å². The summed E-state index contributed by atoms with van der Waals surface area (Å²) in [5.74, 6) is -1.13. The van der Waals surface area contributed by atoms with Gasteiger partial charge in [0, 0.05) is 5.92 Å². The third kappa shape index (κ3) is 4.37. The van der Waals surface area contributed by atoms with Crippen molar-refractivity contribution in [2.24, 2.45) is 0 Å². The van der Waals surface area contributed by atoms with Crippen molar-refractivity contribution in [1.82, 2.24) is 5.32 Å². The van der Waals surface area contributed by atoms with Gasteiger partial charge in [0.05, 0.1) is 0 Å². The predicted octanol–water partition coefficient (Wildman–Crippen LogP) is 5.23. The molecule has 0 aliphatic heterocycles. The summed E-state index contributed by atoms with van der Waals surface area (Å²) in [6, 6.07) is 21.2. The lowest BCUT2D eigenvalue weighted by atomic mass is 9.98. The highest BCUT2D eigenvalue weighted by molar-refractivity contribution is 5.81. The number of ether oxygens (including phenoxy) is 1. The number of alkyl carbamates (subject to hydrolysis) is 1. The number of carbonyl (C=O) groups excluding carboxylic acids is 1. The number of hydrogen-bond acceptors (Lipinski definition) is 3. The van der Waals surface area contributed by atoms with Crippen molar-refractivity contribution in [2.75, 3.05) is 6.61 Å². The number of aryl methyl sites for hydroxylation is 2. The van der Waals surface area contributed by atoms with Crippen LogP contribution in [0.1, 0.15) is 40.2 Å². The van der Waals surface area contributed by atoms with Crippen LogP contribution in [-0.4, -0.2) is 29.8 Å². The fraction of sp³-hybridized carbons (Fsp3) is 0.259. The van der Waals surface area contributed by atoms with Gasteiger partial charge < -0.3 is 15.2 Å². The van der Waals surface area contributed by atoms with Gasteiger partial charge in [0.2, 0.25) is 0 Å². The predicted molar refractivity (Wildman–Crippen MR) is 124 cm³/mol. The topological polar surface area (TPSA) is 75.6 Å². The summed E-state index contributed by atoms with van der Waals surface area (Å²) >= 11 is 0. The Morgan fingerprint density at radius 3 is 2.19 bits per heavy atom. The molecule has 1 atom stereocenters. The summed E-state index contributed by atoms with van der Waals surface area (Å²) in [6.45, 7) is 4.21. The number of carbonyl (C=O) groups is 2. The lowest BCUT2D eigenvalue weighted by Gasteiger charge is -2.18. The Morgan fingerprint density at radius 1 is 0.938 bits per heavy atom. The van der Waals surface area contributed by atoms with Gasteiger partial charge in [-0.05, 0) is 65.6 Å². The molecule has 3 aromatic carbocycles.